The molecule has 4 nitrogen and oxygen atoms in total. The van der Waals surface area contributed by atoms with Crippen molar-refractivity contribution in [1.29, 1.82) is 0 Å². The lowest BCUT2D eigenvalue weighted by Crippen LogP contribution is -2.23. The van der Waals surface area contributed by atoms with Crippen LogP contribution in [-0.4, -0.2) is 11.6 Å². The molecule has 3 aromatic rings. The Morgan fingerprint density at radius 1 is 1.20 bits per heavy atom. The molecule has 1 aliphatic heterocycles. The fraction of sp³-hybridized carbons (Fsp3) is 0.188. The van der Waals surface area contributed by atoms with Crippen molar-refractivity contribution in [1.82, 2.24) is 4.98 Å². The van der Waals surface area contributed by atoms with E-state index in [0.29, 0.717) is 6.61 Å². The maximum absolute atomic E-state index is 5.83. The zero-order valence-corrected chi connectivity index (χ0v) is 11.1. The SMILES string of the molecule is Cc1ccc2c(c1)NC(c1ccc3ncoc3c1)CO2. The monoisotopic (exact) mass is 266 g/mol. The molecule has 2 heterocycles. The van der Waals surface area contributed by atoms with Crippen LogP contribution >= 0.6 is 0 Å². The number of fused-ring (bicyclic) bond motifs is 2. The van der Waals surface area contributed by atoms with E-state index < -0.39 is 0 Å². The van der Waals surface area contributed by atoms with Crippen molar-refractivity contribution in [3.05, 3.63) is 53.9 Å². The molecule has 100 valence electrons. The quantitative estimate of drug-likeness (QED) is 0.729. The van der Waals surface area contributed by atoms with E-state index in [9.17, 15) is 0 Å². The van der Waals surface area contributed by atoms with Crippen molar-refractivity contribution < 1.29 is 9.15 Å². The van der Waals surface area contributed by atoms with Crippen LogP contribution in [0.25, 0.3) is 11.1 Å². The second kappa shape index (κ2) is 4.27. The van der Waals surface area contributed by atoms with E-state index in [1.54, 1.807) is 0 Å². The fourth-order valence-electron chi connectivity index (χ4n) is 2.55. The molecule has 0 fully saturated rings. The van der Waals surface area contributed by atoms with Crippen molar-refractivity contribution in [3.8, 4) is 5.75 Å². The third-order valence-electron chi connectivity index (χ3n) is 3.63. The number of aromatic nitrogens is 1. The van der Waals surface area contributed by atoms with Crippen LogP contribution in [0.5, 0.6) is 5.75 Å². The van der Waals surface area contributed by atoms with Crippen molar-refractivity contribution >= 4 is 16.8 Å². The van der Waals surface area contributed by atoms with Gasteiger partial charge in [-0.05, 0) is 42.3 Å². The minimum atomic E-state index is 0.124. The van der Waals surface area contributed by atoms with Gasteiger partial charge in [0.15, 0.2) is 12.0 Å². The molecule has 1 unspecified atom stereocenters. The van der Waals surface area contributed by atoms with Gasteiger partial charge >= 0.3 is 0 Å². The van der Waals surface area contributed by atoms with Crippen LogP contribution in [0.15, 0.2) is 47.2 Å². The molecular formula is C16H14N2O2. The van der Waals surface area contributed by atoms with Gasteiger partial charge in [-0.3, -0.25) is 0 Å². The molecule has 4 rings (SSSR count). The largest absolute Gasteiger partial charge is 0.489 e. The number of benzene rings is 2. The van der Waals surface area contributed by atoms with Gasteiger partial charge in [-0.2, -0.15) is 0 Å². The Balaban J connectivity index is 1.69. The van der Waals surface area contributed by atoms with Crippen LogP contribution in [0.2, 0.25) is 0 Å². The number of hydrogen-bond acceptors (Lipinski definition) is 4. The summed E-state index contributed by atoms with van der Waals surface area (Å²) in [6.07, 6.45) is 1.47. The molecule has 1 N–H and O–H groups in total. The van der Waals surface area contributed by atoms with E-state index in [2.05, 4.69) is 35.4 Å². The van der Waals surface area contributed by atoms with Gasteiger partial charge in [-0.1, -0.05) is 12.1 Å². The van der Waals surface area contributed by atoms with Gasteiger partial charge in [0.05, 0.1) is 11.7 Å². The zero-order chi connectivity index (χ0) is 13.5. The third-order valence-corrected chi connectivity index (χ3v) is 3.63. The van der Waals surface area contributed by atoms with Gasteiger partial charge in [-0.15, -0.1) is 0 Å². The molecule has 0 spiro atoms. The number of anilines is 1. The Kier molecular flexibility index (Phi) is 2.42. The Labute approximate surface area is 116 Å². The molecule has 0 radical (unpaired) electrons. The molecule has 20 heavy (non-hydrogen) atoms. The Hall–Kier alpha value is -2.49. The highest BCUT2D eigenvalue weighted by molar-refractivity contribution is 5.73. The average Bonchev–Trinajstić information content (AvgIpc) is 2.93. The van der Waals surface area contributed by atoms with Crippen LogP contribution < -0.4 is 10.1 Å². The maximum atomic E-state index is 5.83. The number of aryl methyl sites for hydroxylation is 1. The van der Waals surface area contributed by atoms with Gasteiger partial charge in [0.1, 0.15) is 17.9 Å². The van der Waals surface area contributed by atoms with Gasteiger partial charge in [0.25, 0.3) is 0 Å². The van der Waals surface area contributed by atoms with E-state index in [1.165, 1.54) is 12.0 Å². The minimum absolute atomic E-state index is 0.124. The molecule has 0 amide bonds. The van der Waals surface area contributed by atoms with Crippen molar-refractivity contribution in [2.75, 3.05) is 11.9 Å². The third kappa shape index (κ3) is 1.81. The molecule has 0 bridgehead atoms. The molecule has 0 saturated heterocycles. The Morgan fingerprint density at radius 2 is 2.15 bits per heavy atom. The number of hydrogen-bond donors (Lipinski definition) is 1. The van der Waals surface area contributed by atoms with Crippen LogP contribution in [0.1, 0.15) is 17.2 Å². The summed E-state index contributed by atoms with van der Waals surface area (Å²) in [5.41, 5.74) is 5.08. The molecule has 1 atom stereocenters. The van der Waals surface area contributed by atoms with E-state index in [0.717, 1.165) is 28.1 Å². The highest BCUT2D eigenvalue weighted by Crippen LogP contribution is 2.34. The molecule has 0 aliphatic carbocycles. The second-order valence-electron chi connectivity index (χ2n) is 5.09. The first-order valence-corrected chi connectivity index (χ1v) is 6.63. The summed E-state index contributed by atoms with van der Waals surface area (Å²) >= 11 is 0. The summed E-state index contributed by atoms with van der Waals surface area (Å²) in [5, 5.41) is 3.52. The standard InChI is InChI=1S/C16H14N2O2/c1-10-2-5-15-13(6-10)18-14(8-19-15)11-3-4-12-16(7-11)20-9-17-12/h2-7,9,14,18H,8H2,1H3. The lowest BCUT2D eigenvalue weighted by atomic mass is 10.0. The van der Waals surface area contributed by atoms with Gasteiger partial charge in [0, 0.05) is 0 Å². The van der Waals surface area contributed by atoms with Crippen LogP contribution in [0.3, 0.4) is 0 Å². The normalized spacial score (nSPS) is 17.4. The van der Waals surface area contributed by atoms with E-state index in [-0.39, 0.29) is 6.04 Å². The molecule has 0 saturated carbocycles. The first-order valence-electron chi connectivity index (χ1n) is 6.63. The fourth-order valence-corrected chi connectivity index (χ4v) is 2.55. The smallest absolute Gasteiger partial charge is 0.181 e. The van der Waals surface area contributed by atoms with Crippen LogP contribution in [-0.2, 0) is 0 Å². The molecule has 4 heteroatoms. The minimum Gasteiger partial charge on any atom is -0.489 e. The summed E-state index contributed by atoms with van der Waals surface area (Å²) < 4.78 is 11.2. The summed E-state index contributed by atoms with van der Waals surface area (Å²) in [6, 6.07) is 12.3. The summed E-state index contributed by atoms with van der Waals surface area (Å²) in [7, 11) is 0. The first kappa shape index (κ1) is 11.3. The van der Waals surface area contributed by atoms with Gasteiger partial charge < -0.3 is 14.5 Å². The lowest BCUT2D eigenvalue weighted by molar-refractivity contribution is 0.286. The first-order chi connectivity index (χ1) is 9.79. The maximum Gasteiger partial charge on any atom is 0.181 e. The number of oxazole rings is 1. The average molecular weight is 266 g/mol. The van der Waals surface area contributed by atoms with E-state index >= 15 is 0 Å². The van der Waals surface area contributed by atoms with Crippen molar-refractivity contribution in [2.45, 2.75) is 13.0 Å². The number of nitrogens with zero attached hydrogens (tertiary/aromatic N) is 1. The summed E-state index contributed by atoms with van der Waals surface area (Å²) in [6.45, 7) is 2.68. The zero-order valence-electron chi connectivity index (χ0n) is 11.1. The van der Waals surface area contributed by atoms with Gasteiger partial charge in [0.2, 0.25) is 0 Å². The summed E-state index contributed by atoms with van der Waals surface area (Å²) in [5.74, 6) is 0.910. The number of rotatable bonds is 1. The highest BCUT2D eigenvalue weighted by Gasteiger charge is 2.21. The molecule has 1 aliphatic rings. The summed E-state index contributed by atoms with van der Waals surface area (Å²) in [4.78, 5) is 4.13. The topological polar surface area (TPSA) is 47.3 Å². The van der Waals surface area contributed by atoms with Crippen LogP contribution in [0, 0.1) is 6.92 Å². The second-order valence-corrected chi connectivity index (χ2v) is 5.09. The molecule has 2 aromatic carbocycles. The number of ether oxygens (including phenoxy) is 1. The Bertz CT molecular complexity index is 779. The lowest BCUT2D eigenvalue weighted by Gasteiger charge is -2.28. The molecule has 1 aromatic heterocycles. The molecular weight excluding hydrogens is 252 g/mol. The van der Waals surface area contributed by atoms with E-state index in [1.807, 2.05) is 18.2 Å². The van der Waals surface area contributed by atoms with Crippen LogP contribution in [0.4, 0.5) is 5.69 Å². The van der Waals surface area contributed by atoms with E-state index in [4.69, 9.17) is 9.15 Å². The Morgan fingerprint density at radius 3 is 3.10 bits per heavy atom. The van der Waals surface area contributed by atoms with Gasteiger partial charge in [-0.25, -0.2) is 4.98 Å². The van der Waals surface area contributed by atoms with Crippen molar-refractivity contribution in [2.24, 2.45) is 0 Å². The predicted octanol–water partition coefficient (Wildman–Crippen LogP) is 3.68. The van der Waals surface area contributed by atoms with Crippen molar-refractivity contribution in [3.63, 3.8) is 0 Å². The predicted molar refractivity (Wildman–Crippen MR) is 77.0 cm³/mol. The number of nitrogens with one attached hydrogen (secondary N) is 1. The highest BCUT2D eigenvalue weighted by atomic mass is 16.5.